The Hall–Kier alpha value is -2.80. The van der Waals surface area contributed by atoms with Gasteiger partial charge in [0.25, 0.3) is 5.69 Å². The average Bonchev–Trinajstić information content (AvgIpc) is 2.56. The van der Waals surface area contributed by atoms with Crippen LogP contribution in [0.2, 0.25) is 5.02 Å². The number of carbonyl (C=O) groups is 1. The zero-order chi connectivity index (χ0) is 18.6. The fourth-order valence-electron chi connectivity index (χ4n) is 3.66. The molecule has 2 bridgehead atoms. The standard InChI is InChI=1S/C18H16ClN3O4/c1-10-3-4-11(19)7-15(10)21-17(23)20-14-9-18(21,2)26-16-6-5-12(22(24)25)8-13(14)16/h3-8,14H,9H2,1-2H3,(H,20,23). The Labute approximate surface area is 154 Å². The molecule has 0 aliphatic carbocycles. The van der Waals surface area contributed by atoms with Crippen molar-refractivity contribution in [1.82, 2.24) is 5.32 Å². The third-order valence-electron chi connectivity index (χ3n) is 4.88. The van der Waals surface area contributed by atoms with Crippen LogP contribution < -0.4 is 15.0 Å². The lowest BCUT2D eigenvalue weighted by molar-refractivity contribution is -0.385. The lowest BCUT2D eigenvalue weighted by atomic mass is 9.89. The number of anilines is 1. The third kappa shape index (κ3) is 2.47. The SMILES string of the molecule is Cc1ccc(Cl)cc1N1C(=O)NC2CC1(C)Oc1ccc([N+](=O)[O-])cc12. The van der Waals surface area contributed by atoms with E-state index >= 15 is 0 Å². The molecule has 0 saturated carbocycles. The molecule has 2 unspecified atom stereocenters. The number of nitrogens with zero attached hydrogens (tertiary/aromatic N) is 2. The minimum absolute atomic E-state index is 0.0293. The number of carbonyl (C=O) groups excluding carboxylic acids is 1. The Balaban J connectivity index is 1.81. The quantitative estimate of drug-likeness (QED) is 0.627. The number of nitro benzene ring substituents is 1. The van der Waals surface area contributed by atoms with Crippen molar-refractivity contribution in [2.45, 2.75) is 32.0 Å². The normalized spacial score (nSPS) is 23.7. The summed E-state index contributed by atoms with van der Waals surface area (Å²) < 4.78 is 6.16. The Morgan fingerprint density at radius 2 is 2.12 bits per heavy atom. The van der Waals surface area contributed by atoms with E-state index in [-0.39, 0.29) is 17.8 Å². The minimum Gasteiger partial charge on any atom is -0.467 e. The predicted molar refractivity (Wildman–Crippen MR) is 96.7 cm³/mol. The van der Waals surface area contributed by atoms with Crippen LogP contribution in [0.15, 0.2) is 36.4 Å². The number of hydrogen-bond donors (Lipinski definition) is 1. The van der Waals surface area contributed by atoms with Gasteiger partial charge in [-0.3, -0.25) is 15.0 Å². The fourth-order valence-corrected chi connectivity index (χ4v) is 3.83. The van der Waals surface area contributed by atoms with Crippen LogP contribution in [0.4, 0.5) is 16.2 Å². The van der Waals surface area contributed by atoms with Gasteiger partial charge in [-0.25, -0.2) is 4.79 Å². The smallest absolute Gasteiger partial charge is 0.325 e. The van der Waals surface area contributed by atoms with Crippen LogP contribution in [-0.4, -0.2) is 16.7 Å². The number of non-ortho nitro benzene ring substituents is 1. The molecule has 7 nitrogen and oxygen atoms in total. The van der Waals surface area contributed by atoms with E-state index in [1.54, 1.807) is 23.1 Å². The monoisotopic (exact) mass is 373 g/mol. The summed E-state index contributed by atoms with van der Waals surface area (Å²) >= 11 is 6.13. The van der Waals surface area contributed by atoms with E-state index in [0.29, 0.717) is 28.4 Å². The number of aryl methyl sites for hydroxylation is 1. The van der Waals surface area contributed by atoms with Crippen molar-refractivity contribution in [3.63, 3.8) is 0 Å². The highest BCUT2D eigenvalue weighted by atomic mass is 35.5. The van der Waals surface area contributed by atoms with Crippen molar-refractivity contribution in [2.24, 2.45) is 0 Å². The number of benzene rings is 2. The molecule has 2 atom stereocenters. The molecule has 2 aliphatic heterocycles. The summed E-state index contributed by atoms with van der Waals surface area (Å²) in [7, 11) is 0. The summed E-state index contributed by atoms with van der Waals surface area (Å²) in [6, 6.07) is 9.11. The third-order valence-corrected chi connectivity index (χ3v) is 5.11. The molecule has 1 fully saturated rings. The number of urea groups is 1. The van der Waals surface area contributed by atoms with Gasteiger partial charge in [0.15, 0.2) is 5.72 Å². The van der Waals surface area contributed by atoms with Gasteiger partial charge in [-0.2, -0.15) is 0 Å². The van der Waals surface area contributed by atoms with Crippen LogP contribution in [0.25, 0.3) is 0 Å². The Kier molecular flexibility index (Phi) is 3.59. The first-order chi connectivity index (χ1) is 12.3. The van der Waals surface area contributed by atoms with E-state index < -0.39 is 10.6 Å². The maximum atomic E-state index is 12.9. The number of amides is 2. The molecule has 0 aromatic heterocycles. The van der Waals surface area contributed by atoms with E-state index in [1.165, 1.54) is 12.1 Å². The Morgan fingerprint density at radius 3 is 2.85 bits per heavy atom. The molecule has 2 aliphatic rings. The van der Waals surface area contributed by atoms with Crippen molar-refractivity contribution in [2.75, 3.05) is 4.90 Å². The molecule has 0 spiro atoms. The van der Waals surface area contributed by atoms with Crippen LogP contribution in [-0.2, 0) is 0 Å². The maximum absolute atomic E-state index is 12.9. The van der Waals surface area contributed by atoms with Crippen LogP contribution in [0.3, 0.4) is 0 Å². The van der Waals surface area contributed by atoms with Crippen LogP contribution in [0, 0.1) is 17.0 Å². The molecular weight excluding hydrogens is 358 g/mol. The molecule has 2 aromatic rings. The predicted octanol–water partition coefficient (Wildman–Crippen LogP) is 4.33. The molecule has 1 N–H and O–H groups in total. The minimum atomic E-state index is -0.925. The average molecular weight is 374 g/mol. The molecule has 134 valence electrons. The first-order valence-corrected chi connectivity index (χ1v) is 8.50. The van der Waals surface area contributed by atoms with Crippen molar-refractivity contribution in [1.29, 1.82) is 0 Å². The Bertz CT molecular complexity index is 948. The topological polar surface area (TPSA) is 84.7 Å². The van der Waals surface area contributed by atoms with Gasteiger partial charge < -0.3 is 10.1 Å². The van der Waals surface area contributed by atoms with Crippen molar-refractivity contribution in [3.8, 4) is 5.75 Å². The summed E-state index contributed by atoms with van der Waals surface area (Å²) in [6.45, 7) is 3.73. The van der Waals surface area contributed by atoms with E-state index in [9.17, 15) is 14.9 Å². The second kappa shape index (κ2) is 5.60. The summed E-state index contributed by atoms with van der Waals surface area (Å²) in [6.07, 6.45) is 0.457. The van der Waals surface area contributed by atoms with Crippen molar-refractivity contribution >= 4 is 29.0 Å². The molecule has 8 heteroatoms. The molecule has 4 rings (SSSR count). The number of halogens is 1. The highest BCUT2D eigenvalue weighted by molar-refractivity contribution is 6.31. The Morgan fingerprint density at radius 1 is 1.35 bits per heavy atom. The van der Waals surface area contributed by atoms with Gasteiger partial charge in [0, 0.05) is 29.1 Å². The van der Waals surface area contributed by atoms with Crippen LogP contribution in [0.1, 0.15) is 30.5 Å². The van der Waals surface area contributed by atoms with E-state index in [2.05, 4.69) is 5.32 Å². The summed E-state index contributed by atoms with van der Waals surface area (Å²) in [5.74, 6) is 0.527. The van der Waals surface area contributed by atoms with E-state index in [0.717, 1.165) is 5.56 Å². The fraction of sp³-hybridized carbons (Fsp3) is 0.278. The largest absolute Gasteiger partial charge is 0.467 e. The van der Waals surface area contributed by atoms with E-state index in [4.69, 9.17) is 16.3 Å². The second-order valence-corrected chi connectivity index (χ2v) is 7.17. The number of rotatable bonds is 2. The lowest BCUT2D eigenvalue weighted by Gasteiger charge is -2.50. The van der Waals surface area contributed by atoms with Crippen LogP contribution >= 0.6 is 11.6 Å². The van der Waals surface area contributed by atoms with Gasteiger partial charge in [0.05, 0.1) is 16.7 Å². The molecule has 2 heterocycles. The number of fused-ring (bicyclic) bond motifs is 4. The maximum Gasteiger partial charge on any atom is 0.325 e. The first kappa shape index (κ1) is 16.7. The van der Waals surface area contributed by atoms with Crippen molar-refractivity contribution < 1.29 is 14.5 Å². The molecule has 2 aromatic carbocycles. The van der Waals surface area contributed by atoms with Gasteiger partial charge in [-0.1, -0.05) is 17.7 Å². The van der Waals surface area contributed by atoms with Crippen LogP contribution in [0.5, 0.6) is 5.75 Å². The summed E-state index contributed by atoms with van der Waals surface area (Å²) in [5, 5.41) is 14.5. The number of nitrogens with one attached hydrogen (secondary N) is 1. The second-order valence-electron chi connectivity index (χ2n) is 6.73. The molecule has 26 heavy (non-hydrogen) atoms. The molecule has 2 amide bonds. The summed E-state index contributed by atoms with van der Waals surface area (Å²) in [4.78, 5) is 25.0. The number of nitro groups is 1. The number of hydrogen-bond acceptors (Lipinski definition) is 4. The first-order valence-electron chi connectivity index (χ1n) is 8.13. The zero-order valence-electron chi connectivity index (χ0n) is 14.2. The molecule has 0 radical (unpaired) electrons. The molecular formula is C18H16ClN3O4. The van der Waals surface area contributed by atoms with E-state index in [1.807, 2.05) is 19.9 Å². The van der Waals surface area contributed by atoms with Gasteiger partial charge in [0.2, 0.25) is 0 Å². The highest BCUT2D eigenvalue weighted by Gasteiger charge is 2.50. The van der Waals surface area contributed by atoms with Gasteiger partial charge in [-0.15, -0.1) is 0 Å². The zero-order valence-corrected chi connectivity index (χ0v) is 14.9. The van der Waals surface area contributed by atoms with Crippen molar-refractivity contribution in [3.05, 3.63) is 62.7 Å². The van der Waals surface area contributed by atoms with Gasteiger partial charge in [-0.05, 0) is 37.6 Å². The molecule has 1 saturated heterocycles. The summed E-state index contributed by atoms with van der Waals surface area (Å²) in [5.41, 5.74) is 1.22. The highest BCUT2D eigenvalue weighted by Crippen LogP contribution is 2.47. The van der Waals surface area contributed by atoms with Gasteiger partial charge in [0.1, 0.15) is 5.75 Å². The lowest BCUT2D eigenvalue weighted by Crippen LogP contribution is -2.65. The number of ether oxygens (including phenoxy) is 1. The van der Waals surface area contributed by atoms with Gasteiger partial charge >= 0.3 is 6.03 Å².